The third-order valence-corrected chi connectivity index (χ3v) is 2.84. The maximum absolute atomic E-state index is 3.28. The average Bonchev–Trinajstić information content (AvgIpc) is 2.10. The van der Waals surface area contributed by atoms with Gasteiger partial charge in [0.1, 0.15) is 0 Å². The van der Waals surface area contributed by atoms with E-state index in [0.717, 1.165) is 6.42 Å². The predicted molar refractivity (Wildman–Crippen MR) is 62.9 cm³/mol. The summed E-state index contributed by atoms with van der Waals surface area (Å²) in [6, 6.07) is 5.09. The molecule has 1 atom stereocenters. The molecule has 14 heavy (non-hydrogen) atoms. The standard InChI is InChI=1S/C13H21N/c1-9-6-10(2)13(11(3)7-9)8-12(4)14-5/h6-7,12,14H,8H2,1-5H3. The average molecular weight is 191 g/mol. The molecule has 0 saturated carbocycles. The van der Waals surface area contributed by atoms with Gasteiger partial charge < -0.3 is 5.32 Å². The zero-order chi connectivity index (χ0) is 10.7. The first kappa shape index (κ1) is 11.3. The monoisotopic (exact) mass is 191 g/mol. The highest BCUT2D eigenvalue weighted by Gasteiger charge is 2.07. The van der Waals surface area contributed by atoms with Gasteiger partial charge in [-0.05, 0) is 57.9 Å². The van der Waals surface area contributed by atoms with Gasteiger partial charge in [-0.25, -0.2) is 0 Å². The van der Waals surface area contributed by atoms with Crippen LogP contribution < -0.4 is 5.32 Å². The van der Waals surface area contributed by atoms with Crippen molar-refractivity contribution < 1.29 is 0 Å². The summed E-state index contributed by atoms with van der Waals surface area (Å²) in [7, 11) is 2.02. The van der Waals surface area contributed by atoms with Crippen molar-refractivity contribution in [2.75, 3.05) is 7.05 Å². The first-order valence-corrected chi connectivity index (χ1v) is 5.28. The van der Waals surface area contributed by atoms with Crippen LogP contribution in [0, 0.1) is 20.8 Å². The lowest BCUT2D eigenvalue weighted by Crippen LogP contribution is -2.24. The summed E-state index contributed by atoms with van der Waals surface area (Å²) in [5, 5.41) is 3.28. The van der Waals surface area contributed by atoms with E-state index in [1.807, 2.05) is 7.05 Å². The Bertz CT molecular complexity index is 292. The minimum Gasteiger partial charge on any atom is -0.317 e. The highest BCUT2D eigenvalue weighted by atomic mass is 14.8. The first-order chi connectivity index (χ1) is 6.54. The third-order valence-electron chi connectivity index (χ3n) is 2.84. The van der Waals surface area contributed by atoms with Gasteiger partial charge in [0, 0.05) is 6.04 Å². The van der Waals surface area contributed by atoms with Crippen molar-refractivity contribution >= 4 is 0 Å². The molecule has 0 spiro atoms. The van der Waals surface area contributed by atoms with Crippen LogP contribution >= 0.6 is 0 Å². The van der Waals surface area contributed by atoms with Crippen molar-refractivity contribution in [2.24, 2.45) is 0 Å². The van der Waals surface area contributed by atoms with Crippen LogP contribution in [-0.2, 0) is 6.42 Å². The number of nitrogens with one attached hydrogen (secondary N) is 1. The van der Waals surface area contributed by atoms with Crippen LogP contribution in [0.15, 0.2) is 12.1 Å². The summed E-state index contributed by atoms with van der Waals surface area (Å²) >= 11 is 0. The number of benzene rings is 1. The van der Waals surface area contributed by atoms with Gasteiger partial charge in [-0.1, -0.05) is 17.7 Å². The van der Waals surface area contributed by atoms with Crippen molar-refractivity contribution in [3.63, 3.8) is 0 Å². The van der Waals surface area contributed by atoms with Crippen molar-refractivity contribution in [1.29, 1.82) is 0 Å². The zero-order valence-corrected chi connectivity index (χ0v) is 9.94. The number of likely N-dealkylation sites (N-methyl/N-ethyl adjacent to an activating group) is 1. The molecule has 1 heteroatoms. The highest BCUT2D eigenvalue weighted by molar-refractivity contribution is 5.37. The van der Waals surface area contributed by atoms with E-state index in [0.29, 0.717) is 6.04 Å². The highest BCUT2D eigenvalue weighted by Crippen LogP contribution is 2.17. The third kappa shape index (κ3) is 2.58. The minimum atomic E-state index is 0.551. The van der Waals surface area contributed by atoms with Crippen LogP contribution in [-0.4, -0.2) is 13.1 Å². The molecule has 0 radical (unpaired) electrons. The van der Waals surface area contributed by atoms with E-state index in [2.05, 4.69) is 45.1 Å². The maximum atomic E-state index is 3.28. The maximum Gasteiger partial charge on any atom is 0.00763 e. The number of aryl methyl sites for hydroxylation is 3. The van der Waals surface area contributed by atoms with Crippen LogP contribution in [0.3, 0.4) is 0 Å². The van der Waals surface area contributed by atoms with Crippen LogP contribution in [0.5, 0.6) is 0 Å². The topological polar surface area (TPSA) is 12.0 Å². The second kappa shape index (κ2) is 4.61. The summed E-state index contributed by atoms with van der Waals surface area (Å²) in [5.74, 6) is 0. The number of hydrogen-bond donors (Lipinski definition) is 1. The summed E-state index contributed by atoms with van der Waals surface area (Å²) in [6.45, 7) is 8.79. The molecule has 0 aliphatic rings. The van der Waals surface area contributed by atoms with E-state index in [9.17, 15) is 0 Å². The fourth-order valence-electron chi connectivity index (χ4n) is 1.94. The fraction of sp³-hybridized carbons (Fsp3) is 0.538. The fourth-order valence-corrected chi connectivity index (χ4v) is 1.94. The van der Waals surface area contributed by atoms with Crippen molar-refractivity contribution in [3.8, 4) is 0 Å². The Morgan fingerprint density at radius 2 is 1.64 bits per heavy atom. The predicted octanol–water partition coefficient (Wildman–Crippen LogP) is 2.76. The lowest BCUT2D eigenvalue weighted by Gasteiger charge is -2.15. The Morgan fingerprint density at radius 3 is 2.07 bits per heavy atom. The van der Waals surface area contributed by atoms with Crippen molar-refractivity contribution in [2.45, 2.75) is 40.2 Å². The Hall–Kier alpha value is -0.820. The van der Waals surface area contributed by atoms with Gasteiger partial charge in [0.05, 0.1) is 0 Å². The molecule has 1 nitrogen and oxygen atoms in total. The molecule has 0 aliphatic carbocycles. The molecular formula is C13H21N. The summed E-state index contributed by atoms with van der Waals surface area (Å²) in [6.07, 6.45) is 1.12. The zero-order valence-electron chi connectivity index (χ0n) is 9.94. The van der Waals surface area contributed by atoms with Crippen LogP contribution in [0.25, 0.3) is 0 Å². The molecule has 0 fully saturated rings. The van der Waals surface area contributed by atoms with Crippen molar-refractivity contribution in [1.82, 2.24) is 5.32 Å². The molecule has 0 bridgehead atoms. The Labute approximate surface area is 87.5 Å². The molecule has 1 aromatic carbocycles. The van der Waals surface area contributed by atoms with Gasteiger partial charge >= 0.3 is 0 Å². The molecule has 0 aromatic heterocycles. The van der Waals surface area contributed by atoms with Gasteiger partial charge in [0.15, 0.2) is 0 Å². The van der Waals surface area contributed by atoms with Crippen LogP contribution in [0.4, 0.5) is 0 Å². The first-order valence-electron chi connectivity index (χ1n) is 5.28. The van der Waals surface area contributed by atoms with Gasteiger partial charge in [-0.15, -0.1) is 0 Å². The number of hydrogen-bond acceptors (Lipinski definition) is 1. The van der Waals surface area contributed by atoms with Crippen molar-refractivity contribution in [3.05, 3.63) is 34.4 Å². The molecule has 78 valence electrons. The Balaban J connectivity index is 2.96. The normalized spacial score (nSPS) is 12.9. The van der Waals surface area contributed by atoms with E-state index in [-0.39, 0.29) is 0 Å². The smallest absolute Gasteiger partial charge is 0.00763 e. The summed E-state index contributed by atoms with van der Waals surface area (Å²) < 4.78 is 0. The molecule has 0 aliphatic heterocycles. The van der Waals surface area contributed by atoms with E-state index in [1.54, 1.807) is 0 Å². The largest absolute Gasteiger partial charge is 0.317 e. The van der Waals surface area contributed by atoms with Crippen LogP contribution in [0.1, 0.15) is 29.2 Å². The van der Waals surface area contributed by atoms with Gasteiger partial charge in [0.2, 0.25) is 0 Å². The lowest BCUT2D eigenvalue weighted by atomic mass is 9.95. The molecule has 0 amide bonds. The Morgan fingerprint density at radius 1 is 1.14 bits per heavy atom. The molecular weight excluding hydrogens is 170 g/mol. The minimum absolute atomic E-state index is 0.551. The van der Waals surface area contributed by atoms with Gasteiger partial charge in [0.25, 0.3) is 0 Å². The van der Waals surface area contributed by atoms with Crippen LogP contribution in [0.2, 0.25) is 0 Å². The molecule has 1 aromatic rings. The van der Waals surface area contributed by atoms with E-state index >= 15 is 0 Å². The molecule has 1 N–H and O–H groups in total. The summed E-state index contributed by atoms with van der Waals surface area (Å²) in [5.41, 5.74) is 5.70. The van der Waals surface area contributed by atoms with E-state index < -0.39 is 0 Å². The second-order valence-corrected chi connectivity index (χ2v) is 4.27. The molecule has 1 rings (SSSR count). The SMILES string of the molecule is CNC(C)Cc1c(C)cc(C)cc1C. The molecule has 1 unspecified atom stereocenters. The van der Waals surface area contributed by atoms with Gasteiger partial charge in [-0.2, -0.15) is 0 Å². The molecule has 0 saturated heterocycles. The molecule has 0 heterocycles. The lowest BCUT2D eigenvalue weighted by molar-refractivity contribution is 0.605. The van der Waals surface area contributed by atoms with E-state index in [1.165, 1.54) is 22.3 Å². The Kier molecular flexibility index (Phi) is 3.70. The second-order valence-electron chi connectivity index (χ2n) is 4.27. The number of rotatable bonds is 3. The summed E-state index contributed by atoms with van der Waals surface area (Å²) in [4.78, 5) is 0. The quantitative estimate of drug-likeness (QED) is 0.774. The van der Waals surface area contributed by atoms with Gasteiger partial charge in [-0.3, -0.25) is 0 Å². The van der Waals surface area contributed by atoms with E-state index in [4.69, 9.17) is 0 Å².